The van der Waals surface area contributed by atoms with Gasteiger partial charge in [-0.3, -0.25) is 14.5 Å². The molecule has 1 heterocycles. The fraction of sp³-hybridized carbons (Fsp3) is 0.200. The van der Waals surface area contributed by atoms with Crippen molar-refractivity contribution in [1.29, 1.82) is 0 Å². The number of nitrogens with zero attached hydrogens (tertiary/aromatic N) is 2. The minimum Gasteiger partial charge on any atom is -0.281 e. The first-order chi connectivity index (χ1) is 16.9. The second-order valence-corrected chi connectivity index (χ2v) is 12.8. The molecule has 1 unspecified atom stereocenters. The number of sulfonamides is 2. The molecule has 0 bridgehead atoms. The van der Waals surface area contributed by atoms with Crippen molar-refractivity contribution in [2.45, 2.75) is 28.0 Å². The van der Waals surface area contributed by atoms with E-state index in [0.717, 1.165) is 4.90 Å². The molecule has 4 rings (SSSR count). The van der Waals surface area contributed by atoms with Gasteiger partial charge >= 0.3 is 0 Å². The van der Waals surface area contributed by atoms with Crippen LogP contribution < -0.4 is 0 Å². The zero-order chi connectivity index (χ0) is 26.3. The first kappa shape index (κ1) is 26.0. The molecule has 0 saturated heterocycles. The van der Waals surface area contributed by atoms with Gasteiger partial charge in [-0.05, 0) is 48.4 Å². The van der Waals surface area contributed by atoms with Gasteiger partial charge in [0, 0.05) is 25.0 Å². The maximum absolute atomic E-state index is 13.8. The van der Waals surface area contributed by atoms with Gasteiger partial charge in [0.05, 0.1) is 15.2 Å². The molecule has 0 saturated carbocycles. The average molecular weight is 547 g/mol. The Labute approximate surface area is 215 Å². The highest BCUT2D eigenvalue weighted by molar-refractivity contribution is 8.04. The molecule has 0 spiro atoms. The number of hydrogen-bond acceptors (Lipinski definition) is 6. The van der Waals surface area contributed by atoms with E-state index >= 15 is 0 Å². The summed E-state index contributed by atoms with van der Waals surface area (Å²) < 4.78 is 55.5. The van der Waals surface area contributed by atoms with Crippen LogP contribution in [0.1, 0.15) is 28.4 Å². The van der Waals surface area contributed by atoms with Crippen LogP contribution >= 0.6 is 11.6 Å². The van der Waals surface area contributed by atoms with Crippen LogP contribution in [0.4, 0.5) is 0 Å². The third-order valence-electron chi connectivity index (χ3n) is 6.21. The molecule has 3 aromatic carbocycles. The number of amides is 2. The van der Waals surface area contributed by atoms with Crippen LogP contribution in [0.2, 0.25) is 0 Å². The molecule has 1 aliphatic rings. The standard InChI is InChI=1S/C25H23ClN2O6S2/c1-25(22-15-18(16-26)13-14-21(22)23(29)27(2)24(25)30)17-28(35(31,32)19-9-5-3-6-10-19)36(33,34)20-11-7-4-8-12-20/h3-15H,16-17H2,1-2H3. The van der Waals surface area contributed by atoms with E-state index in [9.17, 15) is 26.4 Å². The predicted molar refractivity (Wildman–Crippen MR) is 134 cm³/mol. The highest BCUT2D eigenvalue weighted by Crippen LogP contribution is 2.38. The molecular formula is C25H23ClN2O6S2. The molecule has 3 aromatic rings. The van der Waals surface area contributed by atoms with Gasteiger partial charge in [-0.1, -0.05) is 52.2 Å². The van der Waals surface area contributed by atoms with Crippen LogP contribution in [0.25, 0.3) is 0 Å². The second-order valence-electron chi connectivity index (χ2n) is 8.58. The summed E-state index contributed by atoms with van der Waals surface area (Å²) in [6.45, 7) is 0.666. The lowest BCUT2D eigenvalue weighted by Gasteiger charge is -2.40. The number of alkyl halides is 1. The van der Waals surface area contributed by atoms with E-state index in [4.69, 9.17) is 11.6 Å². The topological polar surface area (TPSA) is 109 Å². The molecule has 0 fully saturated rings. The highest BCUT2D eigenvalue weighted by Gasteiger charge is 2.51. The fourth-order valence-corrected chi connectivity index (χ4v) is 8.25. The summed E-state index contributed by atoms with van der Waals surface area (Å²) in [7, 11) is -8.03. The van der Waals surface area contributed by atoms with Gasteiger partial charge in [-0.2, -0.15) is 0 Å². The summed E-state index contributed by atoms with van der Waals surface area (Å²) in [4.78, 5) is 26.8. The van der Waals surface area contributed by atoms with Crippen molar-refractivity contribution in [3.05, 3.63) is 95.6 Å². The quantitative estimate of drug-likeness (QED) is 0.332. The number of likely N-dealkylation sites (N-methyl/N-ethyl adjacent to an activating group) is 1. The number of rotatable bonds is 7. The lowest BCUT2D eigenvalue weighted by molar-refractivity contribution is -0.133. The minimum atomic E-state index is -4.65. The van der Waals surface area contributed by atoms with E-state index < -0.39 is 43.8 Å². The number of carbonyl (C=O) groups excluding carboxylic acids is 2. The second kappa shape index (κ2) is 9.44. The van der Waals surface area contributed by atoms with Gasteiger partial charge in [-0.25, -0.2) is 16.8 Å². The van der Waals surface area contributed by atoms with Gasteiger partial charge < -0.3 is 0 Å². The molecule has 1 aliphatic heterocycles. The highest BCUT2D eigenvalue weighted by atomic mass is 35.5. The van der Waals surface area contributed by atoms with Crippen molar-refractivity contribution >= 4 is 43.5 Å². The monoisotopic (exact) mass is 546 g/mol. The number of hydrogen-bond donors (Lipinski definition) is 0. The molecule has 0 radical (unpaired) electrons. The largest absolute Gasteiger partial charge is 0.281 e. The maximum atomic E-state index is 13.8. The fourth-order valence-electron chi connectivity index (χ4n) is 4.21. The van der Waals surface area contributed by atoms with Crippen LogP contribution in [0.5, 0.6) is 0 Å². The molecule has 2 amide bonds. The Bertz CT molecular complexity index is 1470. The lowest BCUT2D eigenvalue weighted by Crippen LogP contribution is -2.57. The number of benzene rings is 3. The van der Waals surface area contributed by atoms with Gasteiger partial charge in [0.2, 0.25) is 5.91 Å². The van der Waals surface area contributed by atoms with Crippen molar-refractivity contribution < 1.29 is 26.4 Å². The number of fused-ring (bicyclic) bond motifs is 1. The van der Waals surface area contributed by atoms with Crippen LogP contribution in [-0.4, -0.2) is 50.9 Å². The maximum Gasteiger partial charge on any atom is 0.260 e. The van der Waals surface area contributed by atoms with Crippen molar-refractivity contribution in [2.75, 3.05) is 13.6 Å². The molecule has 0 aliphatic carbocycles. The molecule has 0 N–H and O–H groups in total. The Morgan fingerprint density at radius 2 is 1.33 bits per heavy atom. The molecule has 11 heteroatoms. The number of imide groups is 1. The Balaban J connectivity index is 1.97. The Morgan fingerprint density at radius 1 is 0.833 bits per heavy atom. The Morgan fingerprint density at radius 3 is 1.81 bits per heavy atom. The van der Waals surface area contributed by atoms with Gasteiger partial charge in [0.25, 0.3) is 26.0 Å². The summed E-state index contributed by atoms with van der Waals surface area (Å²) in [6.07, 6.45) is 0. The molecular weight excluding hydrogens is 524 g/mol. The first-order valence-electron chi connectivity index (χ1n) is 10.8. The summed E-state index contributed by atoms with van der Waals surface area (Å²) in [5.74, 6) is -1.23. The van der Waals surface area contributed by atoms with E-state index in [1.165, 1.54) is 68.6 Å². The van der Waals surface area contributed by atoms with Gasteiger partial charge in [0.1, 0.15) is 0 Å². The molecule has 188 valence electrons. The van der Waals surface area contributed by atoms with Crippen molar-refractivity contribution in [1.82, 2.24) is 8.61 Å². The van der Waals surface area contributed by atoms with Gasteiger partial charge in [0.15, 0.2) is 0 Å². The van der Waals surface area contributed by atoms with Crippen molar-refractivity contribution in [3.63, 3.8) is 0 Å². The third kappa shape index (κ3) is 4.24. The van der Waals surface area contributed by atoms with Crippen molar-refractivity contribution in [3.8, 4) is 0 Å². The minimum absolute atomic E-state index is 0.0793. The smallest absolute Gasteiger partial charge is 0.260 e. The van der Waals surface area contributed by atoms with E-state index in [-0.39, 0.29) is 26.8 Å². The molecule has 36 heavy (non-hydrogen) atoms. The van der Waals surface area contributed by atoms with E-state index in [2.05, 4.69) is 0 Å². The first-order valence-corrected chi connectivity index (χ1v) is 14.3. The summed E-state index contributed by atoms with van der Waals surface area (Å²) >= 11 is 5.99. The zero-order valence-electron chi connectivity index (χ0n) is 19.5. The predicted octanol–water partition coefficient (Wildman–Crippen LogP) is 3.38. The van der Waals surface area contributed by atoms with E-state index in [0.29, 0.717) is 9.27 Å². The summed E-state index contributed by atoms with van der Waals surface area (Å²) in [5, 5.41) is 0. The van der Waals surface area contributed by atoms with Crippen LogP contribution in [0, 0.1) is 0 Å². The Hall–Kier alpha value is -3.05. The van der Waals surface area contributed by atoms with Crippen LogP contribution in [0.3, 0.4) is 0 Å². The molecule has 8 nitrogen and oxygen atoms in total. The molecule has 1 atom stereocenters. The van der Waals surface area contributed by atoms with Crippen LogP contribution in [0.15, 0.2) is 88.7 Å². The van der Waals surface area contributed by atoms with E-state index in [1.54, 1.807) is 24.3 Å². The summed E-state index contributed by atoms with van der Waals surface area (Å²) in [5.41, 5.74) is -0.743. The zero-order valence-corrected chi connectivity index (χ0v) is 21.8. The van der Waals surface area contributed by atoms with Gasteiger partial charge in [-0.15, -0.1) is 11.6 Å². The average Bonchev–Trinajstić information content (AvgIpc) is 2.90. The van der Waals surface area contributed by atoms with Crippen LogP contribution in [-0.2, 0) is 36.1 Å². The number of halogens is 1. The lowest BCUT2D eigenvalue weighted by atomic mass is 9.75. The summed E-state index contributed by atoms with van der Waals surface area (Å²) in [6, 6.07) is 18.9. The number of carbonyl (C=O) groups is 2. The van der Waals surface area contributed by atoms with E-state index in [1.807, 2.05) is 0 Å². The normalized spacial score (nSPS) is 18.4. The van der Waals surface area contributed by atoms with Crippen molar-refractivity contribution in [2.24, 2.45) is 0 Å². The Kier molecular flexibility index (Phi) is 6.82. The SMILES string of the molecule is CN1C(=O)c2ccc(CCl)cc2C(C)(CN(S(=O)(=O)c2ccccc2)S(=O)(=O)c2ccccc2)C1=O. The third-order valence-corrected chi connectivity index (χ3v) is 10.8. The molecule has 0 aromatic heterocycles.